The predicted octanol–water partition coefficient (Wildman–Crippen LogP) is 2.05. The SMILES string of the molecule is C[NH+](CC(=O)NCc1ccc2c(c1)OCO2)Cc1cccc(Cl)c1Cl. The van der Waals surface area contributed by atoms with E-state index in [0.29, 0.717) is 35.4 Å². The Kier molecular flexibility index (Phi) is 5.68. The Bertz CT molecular complexity index is 783. The van der Waals surface area contributed by atoms with Gasteiger partial charge in [-0.3, -0.25) is 4.79 Å². The molecule has 1 aliphatic heterocycles. The van der Waals surface area contributed by atoms with E-state index in [1.807, 2.05) is 37.4 Å². The molecule has 25 heavy (non-hydrogen) atoms. The number of amides is 1. The van der Waals surface area contributed by atoms with E-state index in [4.69, 9.17) is 32.7 Å². The van der Waals surface area contributed by atoms with E-state index in [1.165, 1.54) is 0 Å². The lowest BCUT2D eigenvalue weighted by Crippen LogP contribution is -3.08. The van der Waals surface area contributed by atoms with Crippen LogP contribution in [0.2, 0.25) is 10.0 Å². The molecule has 3 rings (SSSR count). The summed E-state index contributed by atoms with van der Waals surface area (Å²) in [5, 5.41) is 3.99. The van der Waals surface area contributed by atoms with Crippen LogP contribution in [0.1, 0.15) is 11.1 Å². The van der Waals surface area contributed by atoms with Crippen molar-refractivity contribution in [2.75, 3.05) is 20.4 Å². The van der Waals surface area contributed by atoms with Crippen LogP contribution in [-0.2, 0) is 17.9 Å². The Balaban J connectivity index is 1.49. The Morgan fingerprint density at radius 2 is 2.00 bits per heavy atom. The second-order valence-electron chi connectivity index (χ2n) is 5.99. The fourth-order valence-corrected chi connectivity index (χ4v) is 3.05. The topological polar surface area (TPSA) is 52.0 Å². The average Bonchev–Trinajstić information content (AvgIpc) is 3.05. The summed E-state index contributed by atoms with van der Waals surface area (Å²) in [6, 6.07) is 11.2. The first-order chi connectivity index (χ1) is 12.0. The van der Waals surface area contributed by atoms with Crippen LogP contribution in [0.5, 0.6) is 11.5 Å². The van der Waals surface area contributed by atoms with Gasteiger partial charge in [-0.05, 0) is 23.8 Å². The highest BCUT2D eigenvalue weighted by Crippen LogP contribution is 2.32. The minimum absolute atomic E-state index is 0.0340. The molecule has 2 N–H and O–H groups in total. The number of hydrogen-bond donors (Lipinski definition) is 2. The lowest BCUT2D eigenvalue weighted by molar-refractivity contribution is -0.885. The molecule has 1 heterocycles. The van der Waals surface area contributed by atoms with E-state index in [0.717, 1.165) is 21.8 Å². The summed E-state index contributed by atoms with van der Waals surface area (Å²) in [5.74, 6) is 1.41. The summed E-state index contributed by atoms with van der Waals surface area (Å²) in [6.45, 7) is 1.65. The van der Waals surface area contributed by atoms with Crippen molar-refractivity contribution in [1.82, 2.24) is 5.32 Å². The number of likely N-dealkylation sites (N-methyl/N-ethyl adjacent to an activating group) is 1. The van der Waals surface area contributed by atoms with Gasteiger partial charge in [-0.25, -0.2) is 0 Å². The third-order valence-electron chi connectivity index (χ3n) is 3.91. The zero-order chi connectivity index (χ0) is 17.8. The normalized spacial score (nSPS) is 13.6. The number of benzene rings is 2. The zero-order valence-corrected chi connectivity index (χ0v) is 15.3. The van der Waals surface area contributed by atoms with Crippen molar-refractivity contribution in [1.29, 1.82) is 0 Å². The van der Waals surface area contributed by atoms with Crippen LogP contribution in [0.15, 0.2) is 36.4 Å². The van der Waals surface area contributed by atoms with Crippen LogP contribution < -0.4 is 19.7 Å². The number of hydrogen-bond acceptors (Lipinski definition) is 3. The highest BCUT2D eigenvalue weighted by Gasteiger charge is 2.15. The molecule has 5 nitrogen and oxygen atoms in total. The molecule has 0 aliphatic carbocycles. The Morgan fingerprint density at radius 1 is 1.20 bits per heavy atom. The lowest BCUT2D eigenvalue weighted by Gasteiger charge is -2.15. The molecule has 2 aromatic rings. The van der Waals surface area contributed by atoms with E-state index < -0.39 is 0 Å². The third-order valence-corrected chi connectivity index (χ3v) is 4.77. The predicted molar refractivity (Wildman–Crippen MR) is 96.3 cm³/mol. The highest BCUT2D eigenvalue weighted by atomic mass is 35.5. The number of ether oxygens (including phenoxy) is 2. The summed E-state index contributed by atoms with van der Waals surface area (Å²) < 4.78 is 10.6. The Labute approximate surface area is 156 Å². The summed E-state index contributed by atoms with van der Waals surface area (Å²) in [7, 11) is 1.94. The van der Waals surface area contributed by atoms with E-state index >= 15 is 0 Å². The van der Waals surface area contributed by atoms with Gasteiger partial charge in [0.2, 0.25) is 6.79 Å². The van der Waals surface area contributed by atoms with Crippen LogP contribution in [0.25, 0.3) is 0 Å². The smallest absolute Gasteiger partial charge is 0.275 e. The van der Waals surface area contributed by atoms with Crippen molar-refractivity contribution in [3.63, 3.8) is 0 Å². The second kappa shape index (κ2) is 7.95. The van der Waals surface area contributed by atoms with Crippen LogP contribution in [-0.4, -0.2) is 26.3 Å². The first-order valence-electron chi connectivity index (χ1n) is 7.92. The molecule has 0 saturated heterocycles. The van der Waals surface area contributed by atoms with Gasteiger partial charge in [0.1, 0.15) is 6.54 Å². The standard InChI is InChI=1S/C18H18Cl2N2O3/c1-22(9-13-3-2-4-14(19)18(13)20)10-17(23)21-8-12-5-6-15-16(7-12)25-11-24-15/h2-7H,8-11H2,1H3,(H,21,23)/p+1. The number of halogens is 2. The lowest BCUT2D eigenvalue weighted by atomic mass is 10.2. The van der Waals surface area contributed by atoms with Crippen molar-refractivity contribution >= 4 is 29.1 Å². The molecule has 1 amide bonds. The van der Waals surface area contributed by atoms with Crippen molar-refractivity contribution in [2.45, 2.75) is 13.1 Å². The van der Waals surface area contributed by atoms with Gasteiger partial charge in [-0.15, -0.1) is 0 Å². The molecule has 1 aliphatic rings. The minimum Gasteiger partial charge on any atom is -0.454 e. The summed E-state index contributed by atoms with van der Waals surface area (Å²) in [4.78, 5) is 13.2. The number of carbonyl (C=O) groups is 1. The van der Waals surface area contributed by atoms with Crippen LogP contribution >= 0.6 is 23.2 Å². The number of nitrogens with one attached hydrogen (secondary N) is 2. The maximum absolute atomic E-state index is 12.2. The quantitative estimate of drug-likeness (QED) is 0.804. The van der Waals surface area contributed by atoms with Crippen LogP contribution in [0, 0.1) is 0 Å². The molecule has 0 fully saturated rings. The van der Waals surface area contributed by atoms with E-state index in [1.54, 1.807) is 6.07 Å². The fraction of sp³-hybridized carbons (Fsp3) is 0.278. The molecule has 0 radical (unpaired) electrons. The van der Waals surface area contributed by atoms with Crippen LogP contribution in [0.4, 0.5) is 0 Å². The molecule has 0 aromatic heterocycles. The van der Waals surface area contributed by atoms with Crippen LogP contribution in [0.3, 0.4) is 0 Å². The molecule has 1 atom stereocenters. The maximum atomic E-state index is 12.2. The molecule has 132 valence electrons. The van der Waals surface area contributed by atoms with Gasteiger partial charge >= 0.3 is 0 Å². The van der Waals surface area contributed by atoms with Gasteiger partial charge < -0.3 is 19.7 Å². The van der Waals surface area contributed by atoms with Gasteiger partial charge in [0.15, 0.2) is 18.0 Å². The monoisotopic (exact) mass is 381 g/mol. The van der Waals surface area contributed by atoms with Crippen molar-refractivity contribution in [3.8, 4) is 11.5 Å². The summed E-state index contributed by atoms with van der Waals surface area (Å²) >= 11 is 12.2. The summed E-state index contributed by atoms with van der Waals surface area (Å²) in [6.07, 6.45) is 0. The number of fused-ring (bicyclic) bond motifs is 1. The van der Waals surface area contributed by atoms with Crippen molar-refractivity contribution in [2.24, 2.45) is 0 Å². The number of rotatable bonds is 6. The van der Waals surface area contributed by atoms with Crippen molar-refractivity contribution < 1.29 is 19.2 Å². The third kappa shape index (κ3) is 4.57. The van der Waals surface area contributed by atoms with E-state index in [9.17, 15) is 4.79 Å². The molecule has 2 aromatic carbocycles. The van der Waals surface area contributed by atoms with Gasteiger partial charge in [-0.2, -0.15) is 0 Å². The van der Waals surface area contributed by atoms with Gasteiger partial charge in [0, 0.05) is 12.1 Å². The Hall–Kier alpha value is -1.95. The van der Waals surface area contributed by atoms with Gasteiger partial charge in [-0.1, -0.05) is 41.4 Å². The first-order valence-corrected chi connectivity index (χ1v) is 8.68. The second-order valence-corrected chi connectivity index (χ2v) is 6.77. The molecular weight excluding hydrogens is 363 g/mol. The van der Waals surface area contributed by atoms with E-state index in [-0.39, 0.29) is 12.7 Å². The largest absolute Gasteiger partial charge is 0.454 e. The van der Waals surface area contributed by atoms with Crippen molar-refractivity contribution in [3.05, 3.63) is 57.6 Å². The zero-order valence-electron chi connectivity index (χ0n) is 13.8. The molecular formula is C18H19Cl2N2O3+. The molecule has 0 bridgehead atoms. The van der Waals surface area contributed by atoms with Gasteiger partial charge in [0.25, 0.3) is 5.91 Å². The molecule has 7 heteroatoms. The number of quaternary nitrogens is 1. The minimum atomic E-state index is -0.0340. The molecule has 0 saturated carbocycles. The Morgan fingerprint density at radius 3 is 2.84 bits per heavy atom. The van der Waals surface area contributed by atoms with E-state index in [2.05, 4.69) is 5.32 Å². The average molecular weight is 382 g/mol. The maximum Gasteiger partial charge on any atom is 0.275 e. The first kappa shape index (κ1) is 17.9. The molecule has 1 unspecified atom stereocenters. The molecule has 0 spiro atoms. The highest BCUT2D eigenvalue weighted by molar-refractivity contribution is 6.42. The van der Waals surface area contributed by atoms with Gasteiger partial charge in [0.05, 0.1) is 17.1 Å². The fourth-order valence-electron chi connectivity index (χ4n) is 2.66. The number of carbonyl (C=O) groups excluding carboxylic acids is 1. The summed E-state index contributed by atoms with van der Waals surface area (Å²) in [5.41, 5.74) is 1.89.